The van der Waals surface area contributed by atoms with Gasteiger partial charge in [0.25, 0.3) is 0 Å². The van der Waals surface area contributed by atoms with E-state index in [2.05, 4.69) is 9.97 Å². The number of aromatic carboxylic acids is 2. The van der Waals surface area contributed by atoms with E-state index in [9.17, 15) is 9.59 Å². The molecule has 6 nitrogen and oxygen atoms in total. The van der Waals surface area contributed by atoms with Crippen LogP contribution in [0.25, 0.3) is 0 Å². The zero-order valence-corrected chi connectivity index (χ0v) is 10.5. The first-order valence-corrected chi connectivity index (χ1v) is 4.88. The van der Waals surface area contributed by atoms with E-state index in [-0.39, 0.29) is 27.6 Å². The van der Waals surface area contributed by atoms with Gasteiger partial charge in [-0.3, -0.25) is 9.97 Å². The van der Waals surface area contributed by atoms with Crippen LogP contribution < -0.4 is 0 Å². The first kappa shape index (κ1) is 16.7. The molecule has 0 saturated carbocycles. The minimum absolute atomic E-state index is 0. The second-order valence-corrected chi connectivity index (χ2v) is 3.08. The first-order chi connectivity index (χ1) is 8.61. The number of pyridine rings is 2. The van der Waals surface area contributed by atoms with E-state index in [0.717, 1.165) is 0 Å². The fourth-order valence-corrected chi connectivity index (χ4v) is 0.989. The fraction of sp³-hybridized carbons (Fsp3) is 0. The second kappa shape index (κ2) is 8.77. The zero-order chi connectivity index (χ0) is 13.4. The predicted molar refractivity (Wildman–Crippen MR) is 62.4 cm³/mol. The van der Waals surface area contributed by atoms with Gasteiger partial charge in [0.2, 0.25) is 0 Å². The summed E-state index contributed by atoms with van der Waals surface area (Å²) in [6, 6.07) is 5.79. The normalized spacial score (nSPS) is 8.42. The van der Waals surface area contributed by atoms with E-state index >= 15 is 0 Å². The number of hydrogen-bond donors (Lipinski definition) is 2. The Morgan fingerprint density at radius 3 is 1.16 bits per heavy atom. The molecule has 0 aliphatic rings. The van der Waals surface area contributed by atoms with E-state index in [1.807, 2.05) is 0 Å². The Balaban J connectivity index is 0.000000324. The molecule has 2 heterocycles. The minimum atomic E-state index is -0.919. The molecule has 0 bridgehead atoms. The molecule has 0 radical (unpaired) electrons. The van der Waals surface area contributed by atoms with E-state index < -0.39 is 11.9 Å². The van der Waals surface area contributed by atoms with Crippen LogP contribution in [0.5, 0.6) is 0 Å². The Bertz CT molecular complexity index is 470. The van der Waals surface area contributed by atoms with Crippen molar-refractivity contribution in [2.75, 3.05) is 0 Å². The molecular formula is C12H10N2NiO4. The van der Waals surface area contributed by atoms with Gasteiger partial charge in [-0.1, -0.05) is 0 Å². The topological polar surface area (TPSA) is 100 Å². The van der Waals surface area contributed by atoms with Crippen molar-refractivity contribution in [3.05, 3.63) is 60.2 Å². The molecule has 0 spiro atoms. The van der Waals surface area contributed by atoms with Crippen LogP contribution in [-0.4, -0.2) is 32.1 Å². The summed E-state index contributed by atoms with van der Waals surface area (Å²) >= 11 is 0. The Labute approximate surface area is 119 Å². The van der Waals surface area contributed by atoms with Crippen molar-refractivity contribution in [3.8, 4) is 0 Å². The molecule has 2 aromatic heterocycles. The van der Waals surface area contributed by atoms with Gasteiger partial charge in [-0.2, -0.15) is 0 Å². The van der Waals surface area contributed by atoms with Gasteiger partial charge in [0, 0.05) is 41.3 Å². The molecule has 0 unspecified atom stereocenters. The molecule has 7 heteroatoms. The summed E-state index contributed by atoms with van der Waals surface area (Å²) in [5.74, 6) is -1.84. The van der Waals surface area contributed by atoms with Crippen molar-refractivity contribution in [1.29, 1.82) is 0 Å². The number of nitrogens with zero attached hydrogens (tertiary/aromatic N) is 2. The summed E-state index contributed by atoms with van der Waals surface area (Å²) in [4.78, 5) is 27.7. The van der Waals surface area contributed by atoms with Crippen molar-refractivity contribution in [2.24, 2.45) is 0 Å². The van der Waals surface area contributed by atoms with Crippen LogP contribution in [0.15, 0.2) is 49.1 Å². The zero-order valence-electron chi connectivity index (χ0n) is 9.54. The Morgan fingerprint density at radius 1 is 0.737 bits per heavy atom. The number of aromatic nitrogens is 2. The number of carboxylic acid groups (broad SMARTS) is 2. The van der Waals surface area contributed by atoms with Gasteiger partial charge in [-0.15, -0.1) is 0 Å². The van der Waals surface area contributed by atoms with Gasteiger partial charge in [0.05, 0.1) is 11.1 Å². The Morgan fingerprint density at radius 2 is 1.00 bits per heavy atom. The third-order valence-electron chi connectivity index (χ3n) is 1.85. The molecule has 102 valence electrons. The quantitative estimate of drug-likeness (QED) is 0.817. The molecule has 19 heavy (non-hydrogen) atoms. The molecule has 2 aromatic rings. The van der Waals surface area contributed by atoms with Crippen LogP contribution in [0.4, 0.5) is 0 Å². The standard InChI is InChI=1S/2C6H5NO2.Ni/c2*8-6(9)5-1-3-7-4-2-5;/h2*1-4H,(H,8,9);. The number of carbonyl (C=O) groups is 2. The van der Waals surface area contributed by atoms with Crippen molar-refractivity contribution < 1.29 is 36.3 Å². The maximum atomic E-state index is 10.2. The largest absolute Gasteiger partial charge is 0.478 e. The van der Waals surface area contributed by atoms with E-state index in [1.165, 1.54) is 49.1 Å². The SMILES string of the molecule is O=C(O)c1ccncc1.O=C(O)c1ccncc1.[Ni]. The second-order valence-electron chi connectivity index (χ2n) is 3.08. The molecule has 0 amide bonds. The number of rotatable bonds is 2. The molecule has 2 N–H and O–H groups in total. The summed E-state index contributed by atoms with van der Waals surface area (Å²) in [5, 5.41) is 16.7. The summed E-state index contributed by atoms with van der Waals surface area (Å²) in [6.07, 6.45) is 5.79. The van der Waals surface area contributed by atoms with Crippen LogP contribution in [0, 0.1) is 0 Å². The van der Waals surface area contributed by atoms with Crippen LogP contribution in [0.2, 0.25) is 0 Å². The summed E-state index contributed by atoms with van der Waals surface area (Å²) in [6.45, 7) is 0. The molecule has 2 rings (SSSR count). The fourth-order valence-electron chi connectivity index (χ4n) is 0.989. The van der Waals surface area contributed by atoms with Crippen LogP contribution in [0.3, 0.4) is 0 Å². The van der Waals surface area contributed by atoms with Gasteiger partial charge in [-0.25, -0.2) is 9.59 Å². The van der Waals surface area contributed by atoms with Gasteiger partial charge < -0.3 is 10.2 Å². The van der Waals surface area contributed by atoms with Crippen molar-refractivity contribution in [2.45, 2.75) is 0 Å². The van der Waals surface area contributed by atoms with Crippen LogP contribution in [-0.2, 0) is 16.5 Å². The molecule has 0 fully saturated rings. The monoisotopic (exact) mass is 304 g/mol. The Kier molecular flexibility index (Phi) is 7.72. The third kappa shape index (κ3) is 6.28. The van der Waals surface area contributed by atoms with Crippen LogP contribution >= 0.6 is 0 Å². The van der Waals surface area contributed by atoms with Crippen molar-refractivity contribution in [3.63, 3.8) is 0 Å². The molecule has 0 aliphatic carbocycles. The molecule has 0 saturated heterocycles. The van der Waals surface area contributed by atoms with Crippen molar-refractivity contribution in [1.82, 2.24) is 9.97 Å². The Hall–Kier alpha value is -2.27. The first-order valence-electron chi connectivity index (χ1n) is 4.88. The number of hydrogen-bond acceptors (Lipinski definition) is 4. The minimum Gasteiger partial charge on any atom is -0.478 e. The summed E-state index contributed by atoms with van der Waals surface area (Å²) in [5.41, 5.74) is 0.537. The average molecular weight is 305 g/mol. The molecule has 0 aromatic carbocycles. The van der Waals surface area contributed by atoms with Gasteiger partial charge >= 0.3 is 11.9 Å². The van der Waals surface area contributed by atoms with Gasteiger partial charge in [0.1, 0.15) is 0 Å². The smallest absolute Gasteiger partial charge is 0.335 e. The summed E-state index contributed by atoms with van der Waals surface area (Å²) in [7, 11) is 0. The third-order valence-corrected chi connectivity index (χ3v) is 1.85. The van der Waals surface area contributed by atoms with E-state index in [1.54, 1.807) is 0 Å². The predicted octanol–water partition coefficient (Wildman–Crippen LogP) is 1.56. The van der Waals surface area contributed by atoms with Gasteiger partial charge in [-0.05, 0) is 24.3 Å². The number of carboxylic acids is 2. The van der Waals surface area contributed by atoms with Gasteiger partial charge in [0.15, 0.2) is 0 Å². The van der Waals surface area contributed by atoms with Crippen LogP contribution in [0.1, 0.15) is 20.7 Å². The molecule has 0 aliphatic heterocycles. The summed E-state index contributed by atoms with van der Waals surface area (Å²) < 4.78 is 0. The average Bonchev–Trinajstić information content (AvgIpc) is 2.41. The molecular weight excluding hydrogens is 295 g/mol. The van der Waals surface area contributed by atoms with Crippen molar-refractivity contribution >= 4 is 11.9 Å². The van der Waals surface area contributed by atoms with E-state index in [0.29, 0.717) is 0 Å². The van der Waals surface area contributed by atoms with E-state index in [4.69, 9.17) is 10.2 Å². The maximum Gasteiger partial charge on any atom is 0.335 e. The maximum absolute atomic E-state index is 10.2. The molecule has 0 atom stereocenters.